The third kappa shape index (κ3) is 2.79. The first kappa shape index (κ1) is 18.8. The Morgan fingerprint density at radius 1 is 1.24 bits per heavy atom. The lowest BCUT2D eigenvalue weighted by molar-refractivity contribution is -0.136. The van der Waals surface area contributed by atoms with E-state index in [1.807, 2.05) is 0 Å². The van der Waals surface area contributed by atoms with Crippen molar-refractivity contribution < 1.29 is 18.7 Å². The van der Waals surface area contributed by atoms with E-state index in [2.05, 4.69) is 6.07 Å². The minimum absolute atomic E-state index is 0.0533. The van der Waals surface area contributed by atoms with Gasteiger partial charge in [0.2, 0.25) is 0 Å². The van der Waals surface area contributed by atoms with Crippen molar-refractivity contribution in [3.63, 3.8) is 0 Å². The summed E-state index contributed by atoms with van der Waals surface area (Å²) in [4.78, 5) is 27.5. The molecule has 2 N–H and O–H groups in total. The fourth-order valence-electron chi connectivity index (χ4n) is 3.49. The van der Waals surface area contributed by atoms with Crippen LogP contribution in [0.4, 0.5) is 4.39 Å². The van der Waals surface area contributed by atoms with Crippen LogP contribution >= 0.6 is 11.8 Å². The summed E-state index contributed by atoms with van der Waals surface area (Å²) in [6.45, 7) is 0. The van der Waals surface area contributed by atoms with Crippen LogP contribution in [0.1, 0.15) is 21.8 Å². The van der Waals surface area contributed by atoms with Gasteiger partial charge in [-0.15, -0.1) is 0 Å². The molecule has 0 fully saturated rings. The quantitative estimate of drug-likeness (QED) is 0.768. The number of allylic oxidation sites excluding steroid dienone is 1. The molecular formula is C21H14FN3O3S. The molecule has 2 aromatic carbocycles. The van der Waals surface area contributed by atoms with Crippen molar-refractivity contribution in [1.82, 2.24) is 4.90 Å². The molecule has 0 bridgehead atoms. The number of hydrogen-bond donors (Lipinski definition) is 1. The van der Waals surface area contributed by atoms with E-state index >= 15 is 0 Å². The van der Waals surface area contributed by atoms with E-state index in [9.17, 15) is 19.2 Å². The summed E-state index contributed by atoms with van der Waals surface area (Å²) in [6.07, 6.45) is 0. The first-order chi connectivity index (χ1) is 14.0. The number of thioether (sulfide) groups is 1. The average Bonchev–Trinajstić information content (AvgIpc) is 2.73. The van der Waals surface area contributed by atoms with Crippen molar-refractivity contribution in [2.75, 3.05) is 7.11 Å². The Kier molecular flexibility index (Phi) is 4.60. The predicted molar refractivity (Wildman–Crippen MR) is 103 cm³/mol. The molecule has 0 radical (unpaired) electrons. The lowest BCUT2D eigenvalue weighted by Gasteiger charge is -2.38. The Morgan fingerprint density at radius 2 is 1.93 bits per heavy atom. The molecule has 2 aliphatic rings. The molecule has 2 aliphatic heterocycles. The average molecular weight is 407 g/mol. The first-order valence-electron chi connectivity index (χ1n) is 8.57. The number of amides is 1. The summed E-state index contributed by atoms with van der Waals surface area (Å²) >= 11 is 1.18. The van der Waals surface area contributed by atoms with Gasteiger partial charge in [0.05, 0.1) is 35.8 Å². The van der Waals surface area contributed by atoms with Crippen molar-refractivity contribution in [2.24, 2.45) is 5.73 Å². The van der Waals surface area contributed by atoms with Crippen LogP contribution in [0.25, 0.3) is 0 Å². The molecule has 1 amide bonds. The van der Waals surface area contributed by atoms with Crippen molar-refractivity contribution >= 4 is 23.6 Å². The number of fused-ring (bicyclic) bond motifs is 2. The Morgan fingerprint density at radius 3 is 2.62 bits per heavy atom. The maximum atomic E-state index is 14.7. The number of nitrogens with zero attached hydrogens (tertiary/aromatic N) is 2. The lowest BCUT2D eigenvalue weighted by atomic mass is 9.82. The molecule has 0 aliphatic carbocycles. The van der Waals surface area contributed by atoms with Gasteiger partial charge in [-0.2, -0.15) is 5.26 Å². The van der Waals surface area contributed by atoms with E-state index in [0.29, 0.717) is 10.5 Å². The van der Waals surface area contributed by atoms with E-state index in [1.54, 1.807) is 30.3 Å². The summed E-state index contributed by atoms with van der Waals surface area (Å²) < 4.78 is 19.5. The molecule has 0 aromatic heterocycles. The van der Waals surface area contributed by atoms with Gasteiger partial charge in [0.15, 0.2) is 0 Å². The molecule has 6 nitrogen and oxygen atoms in total. The van der Waals surface area contributed by atoms with E-state index in [-0.39, 0.29) is 27.6 Å². The van der Waals surface area contributed by atoms with Crippen molar-refractivity contribution in [2.45, 2.75) is 10.8 Å². The molecule has 0 unspecified atom stereocenters. The normalized spacial score (nSPS) is 18.2. The molecule has 144 valence electrons. The van der Waals surface area contributed by atoms with Gasteiger partial charge in [-0.05, 0) is 18.2 Å². The highest BCUT2D eigenvalue weighted by Gasteiger charge is 2.45. The molecule has 2 aromatic rings. The third-order valence-electron chi connectivity index (χ3n) is 4.80. The molecule has 4 rings (SSSR count). The van der Waals surface area contributed by atoms with Gasteiger partial charge in [0, 0.05) is 10.5 Å². The number of carbonyl (C=O) groups excluding carboxylic acids is 2. The van der Waals surface area contributed by atoms with E-state index in [0.717, 1.165) is 12.0 Å². The van der Waals surface area contributed by atoms with E-state index in [4.69, 9.17) is 10.5 Å². The molecule has 2 heterocycles. The van der Waals surface area contributed by atoms with Crippen LogP contribution < -0.4 is 5.73 Å². The van der Waals surface area contributed by atoms with Crippen LogP contribution in [0.3, 0.4) is 0 Å². The number of esters is 1. The summed E-state index contributed by atoms with van der Waals surface area (Å²) in [5.74, 6) is -3.16. The Labute approximate surface area is 170 Å². The minimum Gasteiger partial charge on any atom is -0.466 e. The van der Waals surface area contributed by atoms with Crippen LogP contribution in [0.15, 0.2) is 75.4 Å². The highest BCUT2D eigenvalue weighted by atomic mass is 32.2. The molecular weight excluding hydrogens is 393 g/mol. The molecule has 29 heavy (non-hydrogen) atoms. The van der Waals surface area contributed by atoms with Gasteiger partial charge >= 0.3 is 5.97 Å². The first-order valence-corrected chi connectivity index (χ1v) is 9.39. The van der Waals surface area contributed by atoms with Crippen LogP contribution in [-0.2, 0) is 9.53 Å². The number of rotatable bonds is 2. The van der Waals surface area contributed by atoms with E-state index in [1.165, 1.54) is 30.0 Å². The van der Waals surface area contributed by atoms with Crippen molar-refractivity contribution in [1.29, 1.82) is 5.26 Å². The molecule has 0 saturated carbocycles. The van der Waals surface area contributed by atoms with Gasteiger partial charge in [-0.3, -0.25) is 9.69 Å². The van der Waals surface area contributed by atoms with Crippen LogP contribution in [0.5, 0.6) is 0 Å². The van der Waals surface area contributed by atoms with Crippen LogP contribution in [0.2, 0.25) is 0 Å². The van der Waals surface area contributed by atoms with E-state index < -0.39 is 23.6 Å². The number of carbonyl (C=O) groups is 2. The van der Waals surface area contributed by atoms with Crippen molar-refractivity contribution in [3.05, 3.63) is 87.5 Å². The number of halogens is 1. The molecule has 0 saturated heterocycles. The van der Waals surface area contributed by atoms with Gasteiger partial charge < -0.3 is 10.5 Å². The number of methoxy groups -OCH3 is 1. The van der Waals surface area contributed by atoms with Crippen LogP contribution in [-0.4, -0.2) is 23.9 Å². The fraction of sp³-hybridized carbons (Fsp3) is 0.0952. The minimum atomic E-state index is -1.09. The second kappa shape index (κ2) is 7.11. The lowest BCUT2D eigenvalue weighted by Crippen LogP contribution is -2.42. The number of hydrogen-bond acceptors (Lipinski definition) is 6. The summed E-state index contributed by atoms with van der Waals surface area (Å²) in [6, 6.07) is 14.8. The predicted octanol–water partition coefficient (Wildman–Crippen LogP) is 3.25. The summed E-state index contributed by atoms with van der Waals surface area (Å²) in [5.41, 5.74) is 6.66. The Hall–Kier alpha value is -3.57. The highest BCUT2D eigenvalue weighted by Crippen LogP contribution is 2.49. The second-order valence-electron chi connectivity index (χ2n) is 6.31. The largest absolute Gasteiger partial charge is 0.466 e. The molecule has 0 spiro atoms. The molecule has 8 heteroatoms. The second-order valence-corrected chi connectivity index (χ2v) is 7.35. The van der Waals surface area contributed by atoms with Gasteiger partial charge in [-0.25, -0.2) is 9.18 Å². The zero-order chi connectivity index (χ0) is 20.7. The van der Waals surface area contributed by atoms with Gasteiger partial charge in [-0.1, -0.05) is 42.1 Å². The number of nitrogens with two attached hydrogens (primary N) is 1. The number of ether oxygens (including phenoxy) is 1. The zero-order valence-corrected chi connectivity index (χ0v) is 16.0. The zero-order valence-electron chi connectivity index (χ0n) is 15.2. The molecule has 1 atom stereocenters. The van der Waals surface area contributed by atoms with Gasteiger partial charge in [0.25, 0.3) is 5.91 Å². The monoisotopic (exact) mass is 407 g/mol. The highest BCUT2D eigenvalue weighted by molar-refractivity contribution is 8.03. The maximum Gasteiger partial charge on any atom is 0.338 e. The summed E-state index contributed by atoms with van der Waals surface area (Å²) in [7, 11) is 1.16. The smallest absolute Gasteiger partial charge is 0.338 e. The van der Waals surface area contributed by atoms with Gasteiger partial charge in [0.1, 0.15) is 16.7 Å². The fourth-order valence-corrected chi connectivity index (χ4v) is 4.66. The summed E-state index contributed by atoms with van der Waals surface area (Å²) in [5, 5.41) is 10.2. The van der Waals surface area contributed by atoms with Crippen molar-refractivity contribution in [3.8, 4) is 6.07 Å². The third-order valence-corrected chi connectivity index (χ3v) is 5.97. The topological polar surface area (TPSA) is 96.4 Å². The Bertz CT molecular complexity index is 1170. The standard InChI is InChI=1S/C21H14FN3O3S/c1-28-21(27)17-16(11-6-2-4-8-14(11)22)13(10-23)20-25(18(17)24)19(26)12-7-3-5-9-15(12)29-20/h2-9,16H,24H2,1H3/t16-/m1/s1. The SMILES string of the molecule is COC(=O)C1=C(N)N2C(=O)c3ccccc3SC2=C(C#N)[C@H]1c1ccccc1F. The Balaban J connectivity index is 2.03. The van der Waals surface area contributed by atoms with Crippen LogP contribution in [0, 0.1) is 17.1 Å². The number of benzene rings is 2. The number of nitriles is 1. The maximum absolute atomic E-state index is 14.7.